The molecule has 1 fully saturated rings. The summed E-state index contributed by atoms with van der Waals surface area (Å²) in [7, 11) is 4.36. The van der Waals surface area contributed by atoms with Gasteiger partial charge in [-0.15, -0.1) is 0 Å². The molecule has 0 aromatic carbocycles. The molecule has 0 aromatic rings. The summed E-state index contributed by atoms with van der Waals surface area (Å²) in [4.78, 5) is 2.33. The normalized spacial score (nSPS) is 22.9. The van der Waals surface area contributed by atoms with Crippen molar-refractivity contribution in [2.75, 3.05) is 20.6 Å². The highest BCUT2D eigenvalue weighted by molar-refractivity contribution is 4.89. The van der Waals surface area contributed by atoms with E-state index in [1.54, 1.807) is 0 Å². The number of hydrogen-bond acceptors (Lipinski definition) is 2. The third-order valence-corrected chi connectivity index (χ3v) is 3.54. The second-order valence-corrected chi connectivity index (χ2v) is 5.32. The van der Waals surface area contributed by atoms with Gasteiger partial charge in [0, 0.05) is 12.6 Å². The third-order valence-electron chi connectivity index (χ3n) is 3.54. The minimum absolute atomic E-state index is 0.410. The van der Waals surface area contributed by atoms with Crippen molar-refractivity contribution in [3.05, 3.63) is 0 Å². The predicted molar refractivity (Wildman–Crippen MR) is 62.3 cm³/mol. The molecule has 84 valence electrons. The average Bonchev–Trinajstić information content (AvgIpc) is 2.51. The van der Waals surface area contributed by atoms with Crippen LogP contribution in [0, 0.1) is 5.41 Å². The van der Waals surface area contributed by atoms with E-state index in [1.807, 2.05) is 0 Å². The zero-order valence-electron chi connectivity index (χ0n) is 10.1. The lowest BCUT2D eigenvalue weighted by molar-refractivity contribution is 0.173. The van der Waals surface area contributed by atoms with Crippen molar-refractivity contribution in [3.8, 4) is 0 Å². The highest BCUT2D eigenvalue weighted by atomic mass is 15.1. The zero-order chi connectivity index (χ0) is 10.6. The lowest BCUT2D eigenvalue weighted by Gasteiger charge is -2.34. The Labute approximate surface area is 88.8 Å². The lowest BCUT2D eigenvalue weighted by Crippen LogP contribution is -2.37. The van der Waals surface area contributed by atoms with Gasteiger partial charge in [0.25, 0.3) is 0 Å². The molecule has 2 nitrogen and oxygen atoms in total. The standard InChI is InChI=1S/C12H26N2/c1-4-11(13)9-12(10-14(2)3)7-5-6-8-12/h11H,4-10,13H2,1-3H3. The van der Waals surface area contributed by atoms with Gasteiger partial charge in [0.1, 0.15) is 0 Å². The first-order chi connectivity index (χ1) is 6.58. The summed E-state index contributed by atoms with van der Waals surface area (Å²) in [5.41, 5.74) is 6.64. The second-order valence-electron chi connectivity index (χ2n) is 5.32. The van der Waals surface area contributed by atoms with Crippen molar-refractivity contribution in [2.45, 2.75) is 51.5 Å². The highest BCUT2D eigenvalue weighted by Gasteiger charge is 2.35. The van der Waals surface area contributed by atoms with Gasteiger partial charge in [-0.05, 0) is 45.2 Å². The van der Waals surface area contributed by atoms with Crippen molar-refractivity contribution in [1.29, 1.82) is 0 Å². The Balaban J connectivity index is 2.52. The van der Waals surface area contributed by atoms with Crippen molar-refractivity contribution in [3.63, 3.8) is 0 Å². The van der Waals surface area contributed by atoms with E-state index in [2.05, 4.69) is 25.9 Å². The van der Waals surface area contributed by atoms with Crippen LogP contribution in [0.5, 0.6) is 0 Å². The monoisotopic (exact) mass is 198 g/mol. The Kier molecular flexibility index (Phi) is 4.39. The molecular weight excluding hydrogens is 172 g/mol. The van der Waals surface area contributed by atoms with Gasteiger partial charge in [0.2, 0.25) is 0 Å². The molecule has 1 aliphatic rings. The molecule has 0 bridgehead atoms. The van der Waals surface area contributed by atoms with Crippen molar-refractivity contribution < 1.29 is 0 Å². The minimum atomic E-state index is 0.410. The van der Waals surface area contributed by atoms with Crippen LogP contribution in [0.3, 0.4) is 0 Å². The van der Waals surface area contributed by atoms with E-state index in [0.717, 1.165) is 6.42 Å². The first kappa shape index (κ1) is 12.0. The summed E-state index contributed by atoms with van der Waals surface area (Å²) >= 11 is 0. The maximum atomic E-state index is 6.10. The van der Waals surface area contributed by atoms with Gasteiger partial charge in [0.05, 0.1) is 0 Å². The molecule has 14 heavy (non-hydrogen) atoms. The van der Waals surface area contributed by atoms with Crippen LogP contribution >= 0.6 is 0 Å². The molecule has 0 radical (unpaired) electrons. The van der Waals surface area contributed by atoms with Crippen LogP contribution in [-0.2, 0) is 0 Å². The fraction of sp³-hybridized carbons (Fsp3) is 1.00. The molecule has 1 saturated carbocycles. The number of hydrogen-bond donors (Lipinski definition) is 1. The van der Waals surface area contributed by atoms with E-state index < -0.39 is 0 Å². The van der Waals surface area contributed by atoms with Crippen LogP contribution in [0.25, 0.3) is 0 Å². The van der Waals surface area contributed by atoms with Crippen molar-refractivity contribution >= 4 is 0 Å². The average molecular weight is 198 g/mol. The van der Waals surface area contributed by atoms with E-state index in [1.165, 1.54) is 38.6 Å². The van der Waals surface area contributed by atoms with E-state index in [9.17, 15) is 0 Å². The molecule has 1 aliphatic carbocycles. The number of nitrogens with two attached hydrogens (primary N) is 1. The number of nitrogens with zero attached hydrogens (tertiary/aromatic N) is 1. The summed E-state index contributed by atoms with van der Waals surface area (Å²) in [5, 5.41) is 0. The summed E-state index contributed by atoms with van der Waals surface area (Å²) in [5.74, 6) is 0. The molecule has 0 aliphatic heterocycles. The van der Waals surface area contributed by atoms with Gasteiger partial charge in [0.15, 0.2) is 0 Å². The smallest absolute Gasteiger partial charge is 0.00419 e. The summed E-state index contributed by atoms with van der Waals surface area (Å²) < 4.78 is 0. The SMILES string of the molecule is CCC(N)CC1(CN(C)C)CCCC1. The minimum Gasteiger partial charge on any atom is -0.328 e. The summed E-state index contributed by atoms with van der Waals surface area (Å²) in [6.07, 6.45) is 7.93. The fourth-order valence-corrected chi connectivity index (χ4v) is 2.92. The quantitative estimate of drug-likeness (QED) is 0.734. The molecule has 0 saturated heterocycles. The lowest BCUT2D eigenvalue weighted by atomic mass is 9.79. The molecule has 1 unspecified atom stereocenters. The Morgan fingerprint density at radius 3 is 2.29 bits per heavy atom. The van der Waals surface area contributed by atoms with E-state index in [4.69, 9.17) is 5.73 Å². The van der Waals surface area contributed by atoms with Gasteiger partial charge in [-0.3, -0.25) is 0 Å². The second kappa shape index (κ2) is 5.13. The number of rotatable bonds is 5. The van der Waals surface area contributed by atoms with Crippen molar-refractivity contribution in [1.82, 2.24) is 4.90 Å². The van der Waals surface area contributed by atoms with E-state index in [-0.39, 0.29) is 0 Å². The summed E-state index contributed by atoms with van der Waals surface area (Å²) in [6.45, 7) is 3.42. The van der Waals surface area contributed by atoms with Crippen LogP contribution in [0.1, 0.15) is 45.4 Å². The molecular formula is C12H26N2. The van der Waals surface area contributed by atoms with Crippen LogP contribution < -0.4 is 5.73 Å². The Hall–Kier alpha value is -0.0800. The molecule has 2 N–H and O–H groups in total. The van der Waals surface area contributed by atoms with Crippen LogP contribution in [-0.4, -0.2) is 31.6 Å². The Morgan fingerprint density at radius 2 is 1.86 bits per heavy atom. The summed E-state index contributed by atoms with van der Waals surface area (Å²) in [6, 6.07) is 0.410. The highest BCUT2D eigenvalue weighted by Crippen LogP contribution is 2.42. The predicted octanol–water partition coefficient (Wildman–Crippen LogP) is 2.24. The first-order valence-corrected chi connectivity index (χ1v) is 5.98. The topological polar surface area (TPSA) is 29.3 Å². The van der Waals surface area contributed by atoms with Gasteiger partial charge < -0.3 is 10.6 Å². The molecule has 1 atom stereocenters. The first-order valence-electron chi connectivity index (χ1n) is 5.98. The van der Waals surface area contributed by atoms with Gasteiger partial charge in [-0.2, -0.15) is 0 Å². The maximum absolute atomic E-state index is 6.10. The molecule has 2 heteroatoms. The fourth-order valence-electron chi connectivity index (χ4n) is 2.92. The Morgan fingerprint density at radius 1 is 1.29 bits per heavy atom. The molecule has 0 spiro atoms. The van der Waals surface area contributed by atoms with E-state index in [0.29, 0.717) is 11.5 Å². The van der Waals surface area contributed by atoms with Crippen molar-refractivity contribution in [2.24, 2.45) is 11.1 Å². The molecule has 0 amide bonds. The maximum Gasteiger partial charge on any atom is 0.00419 e. The van der Waals surface area contributed by atoms with Gasteiger partial charge in [-0.1, -0.05) is 19.8 Å². The van der Waals surface area contributed by atoms with Crippen LogP contribution in [0.15, 0.2) is 0 Å². The zero-order valence-corrected chi connectivity index (χ0v) is 10.1. The van der Waals surface area contributed by atoms with E-state index >= 15 is 0 Å². The molecule has 1 rings (SSSR count). The largest absolute Gasteiger partial charge is 0.328 e. The molecule has 0 aromatic heterocycles. The van der Waals surface area contributed by atoms with Crippen LogP contribution in [0.4, 0.5) is 0 Å². The Bertz CT molecular complexity index is 160. The van der Waals surface area contributed by atoms with Gasteiger partial charge in [-0.25, -0.2) is 0 Å². The van der Waals surface area contributed by atoms with Crippen LogP contribution in [0.2, 0.25) is 0 Å². The third kappa shape index (κ3) is 3.25. The van der Waals surface area contributed by atoms with Gasteiger partial charge >= 0.3 is 0 Å². The molecule has 0 heterocycles.